The summed E-state index contributed by atoms with van der Waals surface area (Å²) in [7, 11) is 0. The first-order valence-electron chi connectivity index (χ1n) is 2.63. The summed E-state index contributed by atoms with van der Waals surface area (Å²) >= 11 is 0. The van der Waals surface area contributed by atoms with Gasteiger partial charge in [0.05, 0.1) is 12.1 Å². The van der Waals surface area contributed by atoms with Gasteiger partial charge in [-0.3, -0.25) is 0 Å². The minimum atomic E-state index is -1.71. The summed E-state index contributed by atoms with van der Waals surface area (Å²) in [5.74, 6) is -3.05. The Morgan fingerprint density at radius 2 is 1.82 bits per heavy atom. The van der Waals surface area contributed by atoms with Crippen LogP contribution in [0.3, 0.4) is 0 Å². The van der Waals surface area contributed by atoms with Crippen LogP contribution in [-0.2, 0) is 9.59 Å². The van der Waals surface area contributed by atoms with Crippen LogP contribution in [0.2, 0.25) is 0 Å². The third-order valence-electron chi connectivity index (χ3n) is 0.894. The second kappa shape index (κ2) is 7.14. The smallest absolute Gasteiger partial charge is 0.550 e. The molecule has 11 heavy (non-hydrogen) atoms. The van der Waals surface area contributed by atoms with Crippen molar-refractivity contribution in [3.05, 3.63) is 0 Å². The van der Waals surface area contributed by atoms with E-state index in [1.807, 2.05) is 0 Å². The van der Waals surface area contributed by atoms with Crippen molar-refractivity contribution in [2.24, 2.45) is 0 Å². The number of carboxylic acid groups (broad SMARTS) is 2. The first-order valence-corrected chi connectivity index (χ1v) is 2.63. The van der Waals surface area contributed by atoms with Crippen LogP contribution in [0.15, 0.2) is 0 Å². The van der Waals surface area contributed by atoms with Gasteiger partial charge in [-0.25, -0.2) is 0 Å². The van der Waals surface area contributed by atoms with Gasteiger partial charge in [0.1, 0.15) is 0 Å². The van der Waals surface area contributed by atoms with E-state index < -0.39 is 24.5 Å². The van der Waals surface area contributed by atoms with E-state index in [0.29, 0.717) is 0 Å². The van der Waals surface area contributed by atoms with Gasteiger partial charge in [0.25, 0.3) is 0 Å². The number of carbonyl (C=O) groups is 2. The zero-order chi connectivity index (χ0) is 8.15. The van der Waals surface area contributed by atoms with Crippen molar-refractivity contribution >= 4 is 60.8 Å². The van der Waals surface area contributed by atoms with Crippen LogP contribution >= 0.6 is 0 Å². The van der Waals surface area contributed by atoms with E-state index in [1.54, 1.807) is 0 Å². The van der Waals surface area contributed by atoms with Crippen LogP contribution in [0.5, 0.6) is 0 Å². The number of rotatable bonds is 4. The fraction of sp³-hybridized carbons (Fsp3) is 0.600. The van der Waals surface area contributed by atoms with E-state index in [1.165, 1.54) is 0 Å². The average molecular weight is 283 g/mol. The molecule has 0 unspecified atom stereocenters. The van der Waals surface area contributed by atoms with E-state index in [9.17, 15) is 19.8 Å². The maximum atomic E-state index is 9.74. The van der Waals surface area contributed by atoms with Crippen molar-refractivity contribution in [2.45, 2.75) is 18.9 Å². The number of hydrogen-bond donors (Lipinski definition) is 1. The summed E-state index contributed by atoms with van der Waals surface area (Å²) in [6.45, 7) is 0. The number of aliphatic hydroxyl groups is 1. The standard InChI is InChI=1S/C5H8O5.Ba/c6-3(5(9)10)1-2-4(7)8;/h3,6H,1-2H2,(H,7,8)(H,9,10);/q;+2/p-2/t3-;/m1./s1. The summed E-state index contributed by atoms with van der Waals surface area (Å²) in [4.78, 5) is 19.4. The maximum Gasteiger partial charge on any atom is 2.00 e. The molecule has 0 aliphatic rings. The quantitative estimate of drug-likeness (QED) is 0.534. The summed E-state index contributed by atoms with van der Waals surface area (Å²) in [6, 6.07) is 0. The zero-order valence-corrected chi connectivity index (χ0v) is 10.2. The second-order valence-corrected chi connectivity index (χ2v) is 1.75. The van der Waals surface area contributed by atoms with Crippen LogP contribution in [0.1, 0.15) is 12.8 Å². The molecule has 0 saturated carbocycles. The van der Waals surface area contributed by atoms with Gasteiger partial charge in [0, 0.05) is 5.97 Å². The fourth-order valence-electron chi connectivity index (χ4n) is 0.372. The number of aliphatic carboxylic acids is 2. The van der Waals surface area contributed by atoms with E-state index in [-0.39, 0.29) is 55.3 Å². The third-order valence-corrected chi connectivity index (χ3v) is 0.894. The minimum Gasteiger partial charge on any atom is -0.550 e. The summed E-state index contributed by atoms with van der Waals surface area (Å²) in [5.41, 5.74) is 0. The van der Waals surface area contributed by atoms with Crippen molar-refractivity contribution in [1.82, 2.24) is 0 Å². The summed E-state index contributed by atoms with van der Waals surface area (Å²) < 4.78 is 0. The van der Waals surface area contributed by atoms with E-state index in [2.05, 4.69) is 0 Å². The Labute approximate surface area is 103 Å². The number of hydrogen-bond acceptors (Lipinski definition) is 5. The minimum absolute atomic E-state index is 0. The van der Waals surface area contributed by atoms with Crippen molar-refractivity contribution in [1.29, 1.82) is 0 Å². The molecule has 0 aromatic rings. The molecule has 58 valence electrons. The number of aliphatic hydroxyl groups excluding tert-OH is 1. The molecule has 0 heterocycles. The molecule has 0 aromatic heterocycles. The molecule has 6 heteroatoms. The average Bonchev–Trinajstić information content (AvgIpc) is 1.82. The molecule has 1 N–H and O–H groups in total. The Kier molecular flexibility index (Phi) is 9.10. The molecule has 0 aliphatic heterocycles. The summed E-state index contributed by atoms with van der Waals surface area (Å²) in [6.07, 6.45) is -2.56. The molecule has 0 amide bonds. The predicted octanol–water partition coefficient (Wildman–Crippen LogP) is -3.75. The maximum absolute atomic E-state index is 9.74. The second-order valence-electron chi connectivity index (χ2n) is 1.75. The topological polar surface area (TPSA) is 100 Å². The molecule has 1 atom stereocenters. The van der Waals surface area contributed by atoms with Crippen LogP contribution in [-0.4, -0.2) is 72.0 Å². The normalized spacial score (nSPS) is 11.4. The van der Waals surface area contributed by atoms with Gasteiger partial charge in [-0.1, -0.05) is 0 Å². The molecule has 0 saturated heterocycles. The molecular formula is C5H6BaO5. The van der Waals surface area contributed by atoms with Crippen LogP contribution in [0, 0.1) is 0 Å². The van der Waals surface area contributed by atoms with Gasteiger partial charge in [0.2, 0.25) is 0 Å². The fourth-order valence-corrected chi connectivity index (χ4v) is 0.372. The Balaban J connectivity index is 0. The van der Waals surface area contributed by atoms with E-state index in [0.717, 1.165) is 0 Å². The SMILES string of the molecule is O=C([O-])CC[C@@H](O)C(=O)[O-].[Ba+2]. The first kappa shape index (κ1) is 14.0. The van der Waals surface area contributed by atoms with Crippen molar-refractivity contribution in [2.75, 3.05) is 0 Å². The molecular weight excluding hydrogens is 277 g/mol. The number of carbonyl (C=O) groups excluding carboxylic acids is 2. The molecule has 0 spiro atoms. The molecule has 0 aromatic carbocycles. The van der Waals surface area contributed by atoms with Gasteiger partial charge in [-0.15, -0.1) is 0 Å². The third kappa shape index (κ3) is 8.38. The summed E-state index contributed by atoms with van der Waals surface area (Å²) in [5, 5.41) is 27.9. The van der Waals surface area contributed by atoms with Crippen LogP contribution < -0.4 is 10.2 Å². The Bertz CT molecular complexity index is 146. The first-order chi connectivity index (χ1) is 4.54. The van der Waals surface area contributed by atoms with Gasteiger partial charge in [0.15, 0.2) is 0 Å². The van der Waals surface area contributed by atoms with Crippen molar-refractivity contribution in [3.63, 3.8) is 0 Å². The largest absolute Gasteiger partial charge is 2.00 e. The van der Waals surface area contributed by atoms with Gasteiger partial charge >= 0.3 is 48.9 Å². The number of carboxylic acids is 2. The van der Waals surface area contributed by atoms with Gasteiger partial charge in [-0.2, -0.15) is 0 Å². The zero-order valence-electron chi connectivity index (χ0n) is 5.78. The van der Waals surface area contributed by atoms with E-state index in [4.69, 9.17) is 5.11 Å². The Morgan fingerprint density at radius 3 is 2.09 bits per heavy atom. The van der Waals surface area contributed by atoms with E-state index >= 15 is 0 Å². The molecule has 0 radical (unpaired) electrons. The van der Waals surface area contributed by atoms with Gasteiger partial charge in [-0.05, 0) is 12.8 Å². The van der Waals surface area contributed by atoms with Gasteiger partial charge < -0.3 is 24.9 Å². The Hall–Kier alpha value is 0.471. The Morgan fingerprint density at radius 1 is 1.36 bits per heavy atom. The molecule has 5 nitrogen and oxygen atoms in total. The van der Waals surface area contributed by atoms with Crippen LogP contribution in [0.25, 0.3) is 0 Å². The molecule has 0 fully saturated rings. The molecule has 0 rings (SSSR count). The predicted molar refractivity (Wildman–Crippen MR) is 31.0 cm³/mol. The molecule has 0 aliphatic carbocycles. The van der Waals surface area contributed by atoms with Crippen LogP contribution in [0.4, 0.5) is 0 Å². The van der Waals surface area contributed by atoms with Crippen molar-refractivity contribution in [3.8, 4) is 0 Å². The van der Waals surface area contributed by atoms with Crippen molar-refractivity contribution < 1.29 is 24.9 Å². The molecule has 0 bridgehead atoms. The monoisotopic (exact) mass is 284 g/mol.